The molecular weight excluding hydrogens is 351 g/mol. The van der Waals surface area contributed by atoms with Gasteiger partial charge in [-0.1, -0.05) is 23.2 Å². The summed E-state index contributed by atoms with van der Waals surface area (Å²) in [6.07, 6.45) is 0. The van der Waals surface area contributed by atoms with Crippen LogP contribution in [-0.4, -0.2) is 19.0 Å². The van der Waals surface area contributed by atoms with Gasteiger partial charge in [-0.05, 0) is 42.5 Å². The zero-order chi connectivity index (χ0) is 16.3. The van der Waals surface area contributed by atoms with Crippen molar-refractivity contribution in [3.63, 3.8) is 0 Å². The van der Waals surface area contributed by atoms with Crippen LogP contribution in [0.2, 0.25) is 10.0 Å². The van der Waals surface area contributed by atoms with Crippen LogP contribution in [0.5, 0.6) is 0 Å². The van der Waals surface area contributed by atoms with Gasteiger partial charge in [-0.3, -0.25) is 4.55 Å². The second-order valence-electron chi connectivity index (χ2n) is 4.20. The van der Waals surface area contributed by atoms with Crippen LogP contribution in [0.4, 0.5) is 16.2 Å². The van der Waals surface area contributed by atoms with Crippen LogP contribution in [0.3, 0.4) is 0 Å². The molecule has 2 aromatic rings. The summed E-state index contributed by atoms with van der Waals surface area (Å²) in [7, 11) is -4.27. The van der Waals surface area contributed by atoms with E-state index in [9.17, 15) is 13.2 Å². The number of rotatable bonds is 3. The van der Waals surface area contributed by atoms with Gasteiger partial charge >= 0.3 is 6.03 Å². The second-order valence-corrected chi connectivity index (χ2v) is 6.47. The first-order valence-electron chi connectivity index (χ1n) is 5.86. The molecule has 0 aliphatic heterocycles. The van der Waals surface area contributed by atoms with Gasteiger partial charge in [0.15, 0.2) is 0 Å². The molecular formula is C13H10Cl2N2O4S. The van der Waals surface area contributed by atoms with Gasteiger partial charge in [0, 0.05) is 10.7 Å². The van der Waals surface area contributed by atoms with E-state index in [4.69, 9.17) is 27.8 Å². The highest BCUT2D eigenvalue weighted by Crippen LogP contribution is 2.25. The van der Waals surface area contributed by atoms with E-state index in [-0.39, 0.29) is 4.90 Å². The van der Waals surface area contributed by atoms with E-state index in [2.05, 4.69) is 10.6 Å². The fraction of sp³-hybridized carbons (Fsp3) is 0. The smallest absolute Gasteiger partial charge is 0.308 e. The Balaban J connectivity index is 2.07. The Kier molecular flexibility index (Phi) is 4.92. The van der Waals surface area contributed by atoms with Gasteiger partial charge in [-0.2, -0.15) is 8.42 Å². The van der Waals surface area contributed by atoms with E-state index in [1.54, 1.807) is 12.1 Å². The topological polar surface area (TPSA) is 95.5 Å². The molecule has 0 unspecified atom stereocenters. The Morgan fingerprint density at radius 3 is 2.23 bits per heavy atom. The fourth-order valence-corrected chi connectivity index (χ4v) is 2.41. The van der Waals surface area contributed by atoms with E-state index >= 15 is 0 Å². The molecule has 0 atom stereocenters. The van der Waals surface area contributed by atoms with Gasteiger partial charge in [-0.15, -0.1) is 0 Å². The third kappa shape index (κ3) is 4.35. The van der Waals surface area contributed by atoms with Crippen LogP contribution in [0.25, 0.3) is 0 Å². The third-order valence-electron chi connectivity index (χ3n) is 2.59. The molecule has 0 bridgehead atoms. The summed E-state index contributed by atoms with van der Waals surface area (Å²) in [6.45, 7) is 0. The number of carbonyl (C=O) groups is 1. The molecule has 0 heterocycles. The predicted molar refractivity (Wildman–Crippen MR) is 85.4 cm³/mol. The number of urea groups is 1. The largest absolute Gasteiger partial charge is 0.323 e. The molecule has 22 heavy (non-hydrogen) atoms. The van der Waals surface area contributed by atoms with Crippen LogP contribution in [0.15, 0.2) is 47.4 Å². The first-order valence-corrected chi connectivity index (χ1v) is 8.06. The Labute approximate surface area is 136 Å². The van der Waals surface area contributed by atoms with Crippen molar-refractivity contribution >= 4 is 50.7 Å². The molecule has 0 spiro atoms. The second kappa shape index (κ2) is 6.53. The van der Waals surface area contributed by atoms with Crippen molar-refractivity contribution in [2.75, 3.05) is 10.6 Å². The van der Waals surface area contributed by atoms with E-state index in [1.165, 1.54) is 18.2 Å². The minimum Gasteiger partial charge on any atom is -0.308 e. The van der Waals surface area contributed by atoms with Gasteiger partial charge in [-0.25, -0.2) is 4.79 Å². The summed E-state index contributed by atoms with van der Waals surface area (Å²) in [6, 6.07) is 9.04. The number of halogens is 2. The normalized spacial score (nSPS) is 11.0. The van der Waals surface area contributed by atoms with Gasteiger partial charge in [0.05, 0.1) is 15.6 Å². The minimum atomic E-state index is -4.27. The Morgan fingerprint density at radius 1 is 1.00 bits per heavy atom. The number of benzene rings is 2. The molecule has 2 aromatic carbocycles. The van der Waals surface area contributed by atoms with Gasteiger partial charge in [0.25, 0.3) is 10.1 Å². The average Bonchev–Trinajstić information content (AvgIpc) is 2.42. The van der Waals surface area contributed by atoms with Gasteiger partial charge in [0.1, 0.15) is 0 Å². The van der Waals surface area contributed by atoms with Crippen molar-refractivity contribution in [2.24, 2.45) is 0 Å². The third-order valence-corrected chi connectivity index (χ3v) is 4.02. The number of hydrogen-bond acceptors (Lipinski definition) is 3. The maximum atomic E-state index is 11.8. The molecule has 0 radical (unpaired) electrons. The first kappa shape index (κ1) is 16.6. The van der Waals surface area contributed by atoms with Crippen LogP contribution in [0.1, 0.15) is 0 Å². The van der Waals surface area contributed by atoms with E-state index in [0.29, 0.717) is 21.4 Å². The standard InChI is InChI=1S/C13H10Cl2N2O4S/c14-8-1-6-11(15)12(7-8)17-13(18)16-9-2-4-10(5-3-9)22(19,20)21/h1-7H,(H2,16,17,18)(H,19,20,21). The van der Waals surface area contributed by atoms with Crippen molar-refractivity contribution in [1.82, 2.24) is 0 Å². The molecule has 0 saturated carbocycles. The fourth-order valence-electron chi connectivity index (χ4n) is 1.59. The van der Waals surface area contributed by atoms with Crippen LogP contribution in [0, 0.1) is 0 Å². The van der Waals surface area contributed by atoms with E-state index in [0.717, 1.165) is 12.1 Å². The highest BCUT2D eigenvalue weighted by atomic mass is 35.5. The monoisotopic (exact) mass is 360 g/mol. The lowest BCUT2D eigenvalue weighted by atomic mass is 10.3. The number of carbonyl (C=O) groups excluding carboxylic acids is 1. The highest BCUT2D eigenvalue weighted by molar-refractivity contribution is 7.85. The zero-order valence-corrected chi connectivity index (χ0v) is 13.2. The highest BCUT2D eigenvalue weighted by Gasteiger charge is 2.10. The van der Waals surface area contributed by atoms with Crippen LogP contribution >= 0.6 is 23.2 Å². The van der Waals surface area contributed by atoms with Crippen molar-refractivity contribution in [3.05, 3.63) is 52.5 Å². The Bertz CT molecular complexity index is 807. The lowest BCUT2D eigenvalue weighted by Gasteiger charge is -2.09. The molecule has 2 rings (SSSR count). The maximum absolute atomic E-state index is 11.8. The summed E-state index contributed by atoms with van der Waals surface area (Å²) in [5.74, 6) is 0. The Morgan fingerprint density at radius 2 is 1.64 bits per heavy atom. The summed E-state index contributed by atoms with van der Waals surface area (Å²) in [4.78, 5) is 11.6. The molecule has 0 aliphatic rings. The Hall–Kier alpha value is -1.80. The lowest BCUT2D eigenvalue weighted by Crippen LogP contribution is -2.19. The molecule has 6 nitrogen and oxygen atoms in total. The van der Waals surface area contributed by atoms with Crippen molar-refractivity contribution < 1.29 is 17.8 Å². The van der Waals surface area contributed by atoms with Crippen molar-refractivity contribution in [3.8, 4) is 0 Å². The van der Waals surface area contributed by atoms with Gasteiger partial charge < -0.3 is 10.6 Å². The van der Waals surface area contributed by atoms with Crippen molar-refractivity contribution in [2.45, 2.75) is 4.90 Å². The molecule has 116 valence electrons. The summed E-state index contributed by atoms with van der Waals surface area (Å²) >= 11 is 11.7. The SMILES string of the molecule is O=C(Nc1ccc(S(=O)(=O)O)cc1)Nc1cc(Cl)ccc1Cl. The number of hydrogen-bond donors (Lipinski definition) is 3. The molecule has 0 saturated heterocycles. The molecule has 0 aliphatic carbocycles. The molecule has 9 heteroatoms. The van der Waals surface area contributed by atoms with Crippen molar-refractivity contribution in [1.29, 1.82) is 0 Å². The average molecular weight is 361 g/mol. The maximum Gasteiger partial charge on any atom is 0.323 e. The van der Waals surface area contributed by atoms with Crippen LogP contribution in [-0.2, 0) is 10.1 Å². The van der Waals surface area contributed by atoms with Crippen LogP contribution < -0.4 is 10.6 Å². The minimum absolute atomic E-state index is 0.267. The first-order chi connectivity index (χ1) is 10.3. The number of amides is 2. The van der Waals surface area contributed by atoms with E-state index in [1.807, 2.05) is 0 Å². The molecule has 2 amide bonds. The molecule has 0 fully saturated rings. The summed E-state index contributed by atoms with van der Waals surface area (Å²) in [5, 5.41) is 5.73. The molecule has 0 aromatic heterocycles. The van der Waals surface area contributed by atoms with E-state index < -0.39 is 16.1 Å². The molecule has 3 N–H and O–H groups in total. The summed E-state index contributed by atoms with van der Waals surface area (Å²) in [5.41, 5.74) is 0.671. The lowest BCUT2D eigenvalue weighted by molar-refractivity contribution is 0.262. The number of anilines is 2. The summed E-state index contributed by atoms with van der Waals surface area (Å²) < 4.78 is 30.7. The number of nitrogens with one attached hydrogen (secondary N) is 2. The van der Waals surface area contributed by atoms with Gasteiger partial charge in [0.2, 0.25) is 0 Å². The predicted octanol–water partition coefficient (Wildman–Crippen LogP) is 3.88. The quantitative estimate of drug-likeness (QED) is 0.723. The zero-order valence-electron chi connectivity index (χ0n) is 10.9.